The van der Waals surface area contributed by atoms with Gasteiger partial charge in [0, 0.05) is 24.5 Å². The molecule has 0 bridgehead atoms. The van der Waals surface area contributed by atoms with Crippen molar-refractivity contribution in [3.05, 3.63) is 80.0 Å². The number of unbranched alkanes of at least 4 members (excludes halogenated alkanes) is 1. The molecule has 0 saturated carbocycles. The van der Waals surface area contributed by atoms with Gasteiger partial charge in [0.2, 0.25) is 5.91 Å². The third-order valence-corrected chi connectivity index (χ3v) is 4.58. The standard InChI is InChI=1S/C20H20ClN3O3/c21-15-10-8-14(9-11-15)13-22-18(25)7-3-4-12-24-19(26)16-5-1-2-6-17(16)23-20(24)27/h1-2,5-6,8-11H,3-4,7,12-13H2,(H,22,25)(H,23,27). The molecule has 0 unspecified atom stereocenters. The molecular weight excluding hydrogens is 366 g/mol. The first-order valence-electron chi connectivity index (χ1n) is 8.77. The molecule has 1 aromatic heterocycles. The maximum Gasteiger partial charge on any atom is 0.328 e. The van der Waals surface area contributed by atoms with Crippen LogP contribution in [0, 0.1) is 0 Å². The number of H-pyrrole nitrogens is 1. The number of nitrogens with zero attached hydrogens (tertiary/aromatic N) is 1. The summed E-state index contributed by atoms with van der Waals surface area (Å²) in [5, 5.41) is 3.99. The first-order chi connectivity index (χ1) is 13.0. The van der Waals surface area contributed by atoms with Crippen molar-refractivity contribution < 1.29 is 4.79 Å². The van der Waals surface area contributed by atoms with Gasteiger partial charge in [0.1, 0.15) is 0 Å². The summed E-state index contributed by atoms with van der Waals surface area (Å²) in [5.41, 5.74) is 0.778. The summed E-state index contributed by atoms with van der Waals surface area (Å²) in [5.74, 6) is -0.0651. The zero-order valence-electron chi connectivity index (χ0n) is 14.7. The molecule has 27 heavy (non-hydrogen) atoms. The van der Waals surface area contributed by atoms with E-state index < -0.39 is 5.69 Å². The van der Waals surface area contributed by atoms with Crippen molar-refractivity contribution in [2.45, 2.75) is 32.4 Å². The number of hydrogen-bond acceptors (Lipinski definition) is 3. The molecule has 7 heteroatoms. The topological polar surface area (TPSA) is 84.0 Å². The number of rotatable bonds is 7. The SMILES string of the molecule is O=C(CCCCn1c(=O)[nH]c2ccccc2c1=O)NCc1ccc(Cl)cc1. The first kappa shape index (κ1) is 18.9. The van der Waals surface area contributed by atoms with E-state index in [-0.39, 0.29) is 18.0 Å². The molecule has 2 N–H and O–H groups in total. The van der Waals surface area contributed by atoms with E-state index in [1.807, 2.05) is 12.1 Å². The largest absolute Gasteiger partial charge is 0.352 e. The van der Waals surface area contributed by atoms with Gasteiger partial charge < -0.3 is 10.3 Å². The van der Waals surface area contributed by atoms with Crippen LogP contribution in [-0.4, -0.2) is 15.5 Å². The zero-order chi connectivity index (χ0) is 19.2. The minimum atomic E-state index is -0.425. The molecular formula is C20H20ClN3O3. The van der Waals surface area contributed by atoms with E-state index in [1.165, 1.54) is 4.57 Å². The predicted octanol–water partition coefficient (Wildman–Crippen LogP) is 2.83. The smallest absolute Gasteiger partial charge is 0.328 e. The Morgan fingerprint density at radius 1 is 1.04 bits per heavy atom. The second-order valence-electron chi connectivity index (χ2n) is 6.29. The summed E-state index contributed by atoms with van der Waals surface area (Å²) < 4.78 is 1.19. The second-order valence-corrected chi connectivity index (χ2v) is 6.73. The fourth-order valence-electron chi connectivity index (χ4n) is 2.85. The van der Waals surface area contributed by atoms with Gasteiger partial charge in [-0.15, -0.1) is 0 Å². The highest BCUT2D eigenvalue weighted by molar-refractivity contribution is 6.30. The molecule has 0 aliphatic heterocycles. The average molecular weight is 386 g/mol. The minimum Gasteiger partial charge on any atom is -0.352 e. The number of aromatic nitrogens is 2. The molecule has 0 aliphatic rings. The molecule has 0 aliphatic carbocycles. The van der Waals surface area contributed by atoms with Crippen molar-refractivity contribution in [2.24, 2.45) is 0 Å². The van der Waals surface area contributed by atoms with Gasteiger partial charge in [-0.2, -0.15) is 0 Å². The number of hydrogen-bond donors (Lipinski definition) is 2. The lowest BCUT2D eigenvalue weighted by Gasteiger charge is -2.07. The molecule has 3 aromatic rings. The molecule has 1 amide bonds. The number of amides is 1. The van der Waals surface area contributed by atoms with Gasteiger partial charge in [0.05, 0.1) is 10.9 Å². The van der Waals surface area contributed by atoms with E-state index in [1.54, 1.807) is 36.4 Å². The lowest BCUT2D eigenvalue weighted by atomic mass is 10.2. The molecule has 0 saturated heterocycles. The van der Waals surface area contributed by atoms with Crippen LogP contribution in [0.4, 0.5) is 0 Å². The highest BCUT2D eigenvalue weighted by Crippen LogP contribution is 2.09. The van der Waals surface area contributed by atoms with Crippen LogP contribution in [0.5, 0.6) is 0 Å². The Morgan fingerprint density at radius 3 is 2.56 bits per heavy atom. The summed E-state index contributed by atoms with van der Waals surface area (Å²) >= 11 is 5.83. The van der Waals surface area contributed by atoms with E-state index in [9.17, 15) is 14.4 Å². The average Bonchev–Trinajstić information content (AvgIpc) is 2.67. The minimum absolute atomic E-state index is 0.0651. The predicted molar refractivity (Wildman–Crippen MR) is 106 cm³/mol. The Balaban J connectivity index is 1.49. The van der Waals surface area contributed by atoms with Crippen molar-refractivity contribution in [3.63, 3.8) is 0 Å². The Labute approximate surface area is 160 Å². The van der Waals surface area contributed by atoms with Gasteiger partial charge >= 0.3 is 5.69 Å². The third kappa shape index (κ3) is 4.86. The molecule has 3 rings (SSSR count). The van der Waals surface area contributed by atoms with Crippen molar-refractivity contribution >= 4 is 28.4 Å². The fraction of sp³-hybridized carbons (Fsp3) is 0.250. The summed E-state index contributed by atoms with van der Waals surface area (Å²) in [7, 11) is 0. The number of halogens is 1. The number of para-hydroxylation sites is 1. The van der Waals surface area contributed by atoms with Gasteiger partial charge in [-0.05, 0) is 42.7 Å². The van der Waals surface area contributed by atoms with Crippen LogP contribution in [0.2, 0.25) is 5.02 Å². The Morgan fingerprint density at radius 2 is 1.78 bits per heavy atom. The van der Waals surface area contributed by atoms with E-state index in [0.29, 0.717) is 41.7 Å². The third-order valence-electron chi connectivity index (χ3n) is 4.33. The van der Waals surface area contributed by atoms with Crippen LogP contribution in [0.15, 0.2) is 58.1 Å². The number of benzene rings is 2. The van der Waals surface area contributed by atoms with E-state index in [2.05, 4.69) is 10.3 Å². The number of fused-ring (bicyclic) bond motifs is 1. The Hall–Kier alpha value is -2.86. The lowest BCUT2D eigenvalue weighted by molar-refractivity contribution is -0.121. The molecule has 0 fully saturated rings. The highest BCUT2D eigenvalue weighted by atomic mass is 35.5. The van der Waals surface area contributed by atoms with E-state index in [0.717, 1.165) is 5.56 Å². The van der Waals surface area contributed by atoms with Crippen LogP contribution < -0.4 is 16.6 Å². The van der Waals surface area contributed by atoms with Gasteiger partial charge in [0.25, 0.3) is 5.56 Å². The molecule has 6 nitrogen and oxygen atoms in total. The first-order valence-corrected chi connectivity index (χ1v) is 9.15. The molecule has 0 atom stereocenters. The monoisotopic (exact) mass is 385 g/mol. The van der Waals surface area contributed by atoms with Crippen molar-refractivity contribution in [1.29, 1.82) is 0 Å². The van der Waals surface area contributed by atoms with Gasteiger partial charge in [0.15, 0.2) is 0 Å². The second kappa shape index (κ2) is 8.68. The number of carbonyl (C=O) groups is 1. The quantitative estimate of drug-likeness (QED) is 0.613. The summed E-state index contributed by atoms with van der Waals surface area (Å²) in [6.07, 6.45) is 1.49. The van der Waals surface area contributed by atoms with Crippen molar-refractivity contribution in [2.75, 3.05) is 0 Å². The maximum absolute atomic E-state index is 12.4. The van der Waals surface area contributed by atoms with Crippen molar-refractivity contribution in [3.8, 4) is 0 Å². The van der Waals surface area contributed by atoms with Gasteiger partial charge in [-0.3, -0.25) is 14.2 Å². The van der Waals surface area contributed by atoms with Gasteiger partial charge in [-0.25, -0.2) is 4.79 Å². The number of nitrogens with one attached hydrogen (secondary N) is 2. The summed E-state index contributed by atoms with van der Waals surface area (Å²) in [6.45, 7) is 0.725. The molecule has 0 spiro atoms. The highest BCUT2D eigenvalue weighted by Gasteiger charge is 2.07. The van der Waals surface area contributed by atoms with E-state index in [4.69, 9.17) is 11.6 Å². The van der Waals surface area contributed by atoms with Crippen molar-refractivity contribution in [1.82, 2.24) is 14.9 Å². The van der Waals surface area contributed by atoms with Crippen LogP contribution >= 0.6 is 11.6 Å². The molecule has 0 radical (unpaired) electrons. The zero-order valence-corrected chi connectivity index (χ0v) is 15.5. The van der Waals surface area contributed by atoms with Crippen LogP contribution in [0.25, 0.3) is 10.9 Å². The molecule has 140 valence electrons. The Bertz CT molecular complexity index is 1050. The lowest BCUT2D eigenvalue weighted by Crippen LogP contribution is -2.35. The summed E-state index contributed by atoms with van der Waals surface area (Å²) in [4.78, 5) is 39.1. The fourth-order valence-corrected chi connectivity index (χ4v) is 2.97. The summed E-state index contributed by atoms with van der Waals surface area (Å²) in [6, 6.07) is 14.2. The maximum atomic E-state index is 12.4. The van der Waals surface area contributed by atoms with E-state index >= 15 is 0 Å². The van der Waals surface area contributed by atoms with Crippen LogP contribution in [-0.2, 0) is 17.9 Å². The van der Waals surface area contributed by atoms with Crippen LogP contribution in [0.3, 0.4) is 0 Å². The molecule has 1 heterocycles. The normalized spacial score (nSPS) is 10.9. The van der Waals surface area contributed by atoms with Gasteiger partial charge in [-0.1, -0.05) is 35.9 Å². The number of aromatic amines is 1. The number of carbonyl (C=O) groups excluding carboxylic acids is 1. The Kier molecular flexibility index (Phi) is 6.08. The molecule has 2 aromatic carbocycles. The van der Waals surface area contributed by atoms with Crippen LogP contribution in [0.1, 0.15) is 24.8 Å².